The summed E-state index contributed by atoms with van der Waals surface area (Å²) in [4.78, 5) is 11.5. The molecule has 68 valence electrons. The van der Waals surface area contributed by atoms with Crippen LogP contribution in [-0.2, 0) is 4.79 Å². The Morgan fingerprint density at radius 3 is 2.42 bits per heavy atom. The Labute approximate surface area is 73.7 Å². The standard InChI is InChI=1S/C10H17NO/c12-10(9-3-1-2-4-9)11-7-8-5-6-8/h8-9H,1-7H2,(H,11,12). The number of carbonyl (C=O) groups excluding carboxylic acids is 1. The van der Waals surface area contributed by atoms with Crippen LogP contribution in [0.1, 0.15) is 38.5 Å². The molecule has 0 aromatic carbocycles. The number of hydrogen-bond donors (Lipinski definition) is 1. The van der Waals surface area contributed by atoms with E-state index in [4.69, 9.17) is 0 Å². The molecular formula is C10H17NO. The van der Waals surface area contributed by atoms with Crippen LogP contribution in [0.2, 0.25) is 0 Å². The number of nitrogens with one attached hydrogen (secondary N) is 1. The van der Waals surface area contributed by atoms with Crippen molar-refractivity contribution in [1.82, 2.24) is 5.32 Å². The van der Waals surface area contributed by atoms with Crippen molar-refractivity contribution in [3.8, 4) is 0 Å². The van der Waals surface area contributed by atoms with Gasteiger partial charge in [-0.1, -0.05) is 12.8 Å². The lowest BCUT2D eigenvalue weighted by atomic mass is 10.1. The lowest BCUT2D eigenvalue weighted by Gasteiger charge is -2.08. The zero-order valence-electron chi connectivity index (χ0n) is 7.51. The van der Waals surface area contributed by atoms with Gasteiger partial charge in [0, 0.05) is 12.5 Å². The fourth-order valence-corrected chi connectivity index (χ4v) is 1.90. The minimum absolute atomic E-state index is 0.319. The average Bonchev–Trinajstić information content (AvgIpc) is 2.74. The first kappa shape index (κ1) is 8.09. The highest BCUT2D eigenvalue weighted by atomic mass is 16.1. The molecule has 0 aliphatic heterocycles. The quantitative estimate of drug-likeness (QED) is 0.681. The minimum Gasteiger partial charge on any atom is -0.356 e. The third kappa shape index (κ3) is 1.99. The van der Waals surface area contributed by atoms with Crippen LogP contribution in [0.4, 0.5) is 0 Å². The van der Waals surface area contributed by atoms with E-state index in [-0.39, 0.29) is 0 Å². The highest BCUT2D eigenvalue weighted by molar-refractivity contribution is 5.78. The summed E-state index contributed by atoms with van der Waals surface area (Å²) in [6, 6.07) is 0. The van der Waals surface area contributed by atoms with Gasteiger partial charge in [-0.3, -0.25) is 4.79 Å². The van der Waals surface area contributed by atoms with E-state index < -0.39 is 0 Å². The molecule has 2 saturated carbocycles. The van der Waals surface area contributed by atoms with Crippen molar-refractivity contribution in [3.63, 3.8) is 0 Å². The average molecular weight is 167 g/mol. The second-order valence-corrected chi connectivity index (χ2v) is 4.17. The van der Waals surface area contributed by atoms with Crippen molar-refractivity contribution in [1.29, 1.82) is 0 Å². The summed E-state index contributed by atoms with van der Waals surface area (Å²) in [6.45, 7) is 0.940. The van der Waals surface area contributed by atoms with Crippen molar-refractivity contribution in [2.45, 2.75) is 38.5 Å². The third-order valence-corrected chi connectivity index (χ3v) is 2.99. The highest BCUT2D eigenvalue weighted by Crippen LogP contribution is 2.28. The van der Waals surface area contributed by atoms with Gasteiger partial charge >= 0.3 is 0 Å². The van der Waals surface area contributed by atoms with Gasteiger partial charge in [0.05, 0.1) is 0 Å². The van der Waals surface area contributed by atoms with Crippen LogP contribution in [-0.4, -0.2) is 12.5 Å². The molecule has 1 amide bonds. The van der Waals surface area contributed by atoms with Gasteiger partial charge in [-0.05, 0) is 31.6 Å². The lowest BCUT2D eigenvalue weighted by molar-refractivity contribution is -0.124. The zero-order valence-corrected chi connectivity index (χ0v) is 7.51. The van der Waals surface area contributed by atoms with E-state index in [2.05, 4.69) is 5.32 Å². The van der Waals surface area contributed by atoms with Crippen molar-refractivity contribution in [2.24, 2.45) is 11.8 Å². The Morgan fingerprint density at radius 1 is 1.17 bits per heavy atom. The van der Waals surface area contributed by atoms with Crippen molar-refractivity contribution < 1.29 is 4.79 Å². The summed E-state index contributed by atoms with van der Waals surface area (Å²) in [7, 11) is 0. The first-order valence-electron chi connectivity index (χ1n) is 5.14. The summed E-state index contributed by atoms with van der Waals surface area (Å²) in [6.07, 6.45) is 7.39. The fraction of sp³-hybridized carbons (Fsp3) is 0.900. The molecule has 12 heavy (non-hydrogen) atoms. The van der Waals surface area contributed by atoms with Crippen LogP contribution in [0.15, 0.2) is 0 Å². The minimum atomic E-state index is 0.319. The van der Waals surface area contributed by atoms with Gasteiger partial charge in [-0.15, -0.1) is 0 Å². The summed E-state index contributed by atoms with van der Waals surface area (Å²) >= 11 is 0. The summed E-state index contributed by atoms with van der Waals surface area (Å²) in [5, 5.41) is 3.05. The lowest BCUT2D eigenvalue weighted by Crippen LogP contribution is -2.30. The number of hydrogen-bond acceptors (Lipinski definition) is 1. The first-order valence-corrected chi connectivity index (χ1v) is 5.14. The molecule has 0 spiro atoms. The van der Waals surface area contributed by atoms with Crippen molar-refractivity contribution >= 4 is 5.91 Å². The maximum Gasteiger partial charge on any atom is 0.223 e. The van der Waals surface area contributed by atoms with Gasteiger partial charge in [0.25, 0.3) is 0 Å². The molecule has 0 radical (unpaired) electrons. The maximum absolute atomic E-state index is 11.5. The molecule has 2 rings (SSSR count). The van der Waals surface area contributed by atoms with Crippen LogP contribution < -0.4 is 5.32 Å². The number of amides is 1. The number of carbonyl (C=O) groups is 1. The second-order valence-electron chi connectivity index (χ2n) is 4.17. The van der Waals surface area contributed by atoms with Crippen LogP contribution >= 0.6 is 0 Å². The molecule has 0 bridgehead atoms. The molecule has 1 N–H and O–H groups in total. The molecule has 0 saturated heterocycles. The molecule has 2 heteroatoms. The Kier molecular flexibility index (Phi) is 2.33. The smallest absolute Gasteiger partial charge is 0.223 e. The van der Waals surface area contributed by atoms with Crippen molar-refractivity contribution in [2.75, 3.05) is 6.54 Å². The molecule has 2 fully saturated rings. The molecule has 0 aromatic heterocycles. The van der Waals surface area contributed by atoms with Crippen molar-refractivity contribution in [3.05, 3.63) is 0 Å². The van der Waals surface area contributed by atoms with E-state index in [1.807, 2.05) is 0 Å². The third-order valence-electron chi connectivity index (χ3n) is 2.99. The van der Waals surface area contributed by atoms with Gasteiger partial charge in [-0.2, -0.15) is 0 Å². The Bertz CT molecular complexity index is 169. The van der Waals surface area contributed by atoms with Gasteiger partial charge in [0.2, 0.25) is 5.91 Å². The van der Waals surface area contributed by atoms with Gasteiger partial charge < -0.3 is 5.32 Å². The highest BCUT2D eigenvalue weighted by Gasteiger charge is 2.25. The Morgan fingerprint density at radius 2 is 1.83 bits per heavy atom. The van der Waals surface area contributed by atoms with Gasteiger partial charge in [0.15, 0.2) is 0 Å². The van der Waals surface area contributed by atoms with Crippen LogP contribution in [0.25, 0.3) is 0 Å². The molecule has 2 aliphatic rings. The van der Waals surface area contributed by atoms with E-state index in [1.54, 1.807) is 0 Å². The maximum atomic E-state index is 11.5. The normalized spacial score (nSPS) is 24.3. The molecule has 0 unspecified atom stereocenters. The summed E-state index contributed by atoms with van der Waals surface area (Å²) in [5.74, 6) is 1.48. The Balaban J connectivity index is 1.67. The van der Waals surface area contributed by atoms with E-state index in [9.17, 15) is 4.79 Å². The predicted molar refractivity (Wildman–Crippen MR) is 47.7 cm³/mol. The van der Waals surface area contributed by atoms with Gasteiger partial charge in [0.1, 0.15) is 0 Å². The molecule has 0 atom stereocenters. The largest absolute Gasteiger partial charge is 0.356 e. The Hall–Kier alpha value is -0.530. The second kappa shape index (κ2) is 3.46. The molecular weight excluding hydrogens is 150 g/mol. The molecule has 2 nitrogen and oxygen atoms in total. The molecule has 0 aromatic rings. The topological polar surface area (TPSA) is 29.1 Å². The van der Waals surface area contributed by atoms with E-state index in [0.29, 0.717) is 11.8 Å². The van der Waals surface area contributed by atoms with E-state index >= 15 is 0 Å². The van der Waals surface area contributed by atoms with Crippen LogP contribution in [0.3, 0.4) is 0 Å². The zero-order chi connectivity index (χ0) is 8.39. The first-order chi connectivity index (χ1) is 5.86. The monoisotopic (exact) mass is 167 g/mol. The van der Waals surface area contributed by atoms with Gasteiger partial charge in [-0.25, -0.2) is 0 Å². The summed E-state index contributed by atoms with van der Waals surface area (Å²) < 4.78 is 0. The summed E-state index contributed by atoms with van der Waals surface area (Å²) in [5.41, 5.74) is 0. The predicted octanol–water partition coefficient (Wildman–Crippen LogP) is 1.70. The number of rotatable bonds is 3. The van der Waals surface area contributed by atoms with E-state index in [1.165, 1.54) is 25.7 Å². The van der Waals surface area contributed by atoms with E-state index in [0.717, 1.165) is 25.3 Å². The SMILES string of the molecule is O=C(NCC1CC1)C1CCCC1. The van der Waals surface area contributed by atoms with Crippen LogP contribution in [0, 0.1) is 11.8 Å². The van der Waals surface area contributed by atoms with Crippen LogP contribution in [0.5, 0.6) is 0 Å². The molecule has 2 aliphatic carbocycles. The fourth-order valence-electron chi connectivity index (χ4n) is 1.90. The molecule has 0 heterocycles.